The summed E-state index contributed by atoms with van der Waals surface area (Å²) in [5.74, 6) is 0.200. The van der Waals surface area contributed by atoms with Gasteiger partial charge in [-0.2, -0.15) is 0 Å². The maximum atomic E-state index is 11.5. The third kappa shape index (κ3) is 1.63. The lowest BCUT2D eigenvalue weighted by Gasteiger charge is -2.20. The molecule has 0 atom stereocenters. The van der Waals surface area contributed by atoms with E-state index in [1.54, 1.807) is 6.92 Å². The minimum absolute atomic E-state index is 0.200. The van der Waals surface area contributed by atoms with Crippen molar-refractivity contribution < 1.29 is 4.79 Å². The Kier molecular flexibility index (Phi) is 2.49. The molecule has 0 N–H and O–H groups in total. The molecule has 1 aliphatic carbocycles. The van der Waals surface area contributed by atoms with Crippen molar-refractivity contribution in [3.05, 3.63) is 41.5 Å². The molecule has 0 heterocycles. The zero-order chi connectivity index (χ0) is 9.97. The fraction of sp³-hybridized carbons (Fsp3) is 0.308. The second-order valence-electron chi connectivity index (χ2n) is 3.75. The average Bonchev–Trinajstić information content (AvgIpc) is 2.12. The van der Waals surface area contributed by atoms with Crippen molar-refractivity contribution in [3.63, 3.8) is 0 Å². The highest BCUT2D eigenvalue weighted by atomic mass is 16.1. The summed E-state index contributed by atoms with van der Waals surface area (Å²) >= 11 is 0. The van der Waals surface area contributed by atoms with Crippen molar-refractivity contribution in [1.82, 2.24) is 0 Å². The smallest absolute Gasteiger partial charge is 0.160 e. The SMILES string of the molecule is CC(=O)C(=C1CCC1)c1ccccc1. The quantitative estimate of drug-likeness (QED) is 0.648. The van der Waals surface area contributed by atoms with Crippen LogP contribution in [0.1, 0.15) is 31.7 Å². The van der Waals surface area contributed by atoms with Crippen LogP contribution in [0.5, 0.6) is 0 Å². The van der Waals surface area contributed by atoms with Gasteiger partial charge in [-0.15, -0.1) is 0 Å². The first kappa shape index (κ1) is 9.20. The molecule has 0 radical (unpaired) electrons. The Balaban J connectivity index is 2.43. The Hall–Kier alpha value is -1.37. The molecule has 0 unspecified atom stereocenters. The van der Waals surface area contributed by atoms with Crippen LogP contribution in [0.4, 0.5) is 0 Å². The van der Waals surface area contributed by atoms with E-state index in [1.807, 2.05) is 30.3 Å². The van der Waals surface area contributed by atoms with Crippen LogP contribution in [0, 0.1) is 0 Å². The number of carbonyl (C=O) groups is 1. The summed E-state index contributed by atoms with van der Waals surface area (Å²) in [6.45, 7) is 1.66. The third-order valence-corrected chi connectivity index (χ3v) is 2.73. The predicted molar refractivity (Wildman–Crippen MR) is 57.9 cm³/mol. The molecule has 0 spiro atoms. The van der Waals surface area contributed by atoms with E-state index in [0.717, 1.165) is 24.0 Å². The molecule has 1 saturated carbocycles. The van der Waals surface area contributed by atoms with E-state index in [2.05, 4.69) is 0 Å². The van der Waals surface area contributed by atoms with E-state index in [0.29, 0.717) is 0 Å². The number of allylic oxidation sites excluding steroid dienone is 2. The molecule has 1 fully saturated rings. The minimum atomic E-state index is 0.200. The Morgan fingerprint density at radius 2 is 1.79 bits per heavy atom. The molecule has 1 aliphatic rings. The second-order valence-corrected chi connectivity index (χ2v) is 3.75. The molecular weight excluding hydrogens is 172 g/mol. The lowest BCUT2D eigenvalue weighted by molar-refractivity contribution is -0.111. The van der Waals surface area contributed by atoms with Gasteiger partial charge < -0.3 is 0 Å². The molecule has 0 aromatic heterocycles. The molecule has 14 heavy (non-hydrogen) atoms. The van der Waals surface area contributed by atoms with Crippen molar-refractivity contribution in [3.8, 4) is 0 Å². The summed E-state index contributed by atoms with van der Waals surface area (Å²) in [7, 11) is 0. The van der Waals surface area contributed by atoms with Gasteiger partial charge in [-0.25, -0.2) is 0 Å². The first-order valence-electron chi connectivity index (χ1n) is 5.07. The fourth-order valence-corrected chi connectivity index (χ4v) is 1.86. The summed E-state index contributed by atoms with van der Waals surface area (Å²) in [5, 5.41) is 0. The number of Topliss-reactive ketones (excluding diaryl/α,β-unsaturated/α-hetero) is 1. The van der Waals surface area contributed by atoms with Crippen LogP contribution in [0.2, 0.25) is 0 Å². The van der Waals surface area contributed by atoms with Gasteiger partial charge in [-0.1, -0.05) is 35.9 Å². The number of benzene rings is 1. The zero-order valence-electron chi connectivity index (χ0n) is 8.42. The fourth-order valence-electron chi connectivity index (χ4n) is 1.86. The van der Waals surface area contributed by atoms with E-state index < -0.39 is 0 Å². The molecular formula is C13H14O. The van der Waals surface area contributed by atoms with Gasteiger partial charge in [0.25, 0.3) is 0 Å². The zero-order valence-corrected chi connectivity index (χ0v) is 8.42. The van der Waals surface area contributed by atoms with Gasteiger partial charge in [-0.05, 0) is 31.7 Å². The Labute approximate surface area is 84.5 Å². The topological polar surface area (TPSA) is 17.1 Å². The van der Waals surface area contributed by atoms with Crippen molar-refractivity contribution in [2.24, 2.45) is 0 Å². The highest BCUT2D eigenvalue weighted by Gasteiger charge is 2.18. The predicted octanol–water partition coefficient (Wildman–Crippen LogP) is 3.21. The van der Waals surface area contributed by atoms with Crippen LogP contribution in [-0.2, 0) is 4.79 Å². The summed E-state index contributed by atoms with van der Waals surface area (Å²) in [6.07, 6.45) is 3.44. The molecule has 0 saturated heterocycles. The number of hydrogen-bond donors (Lipinski definition) is 0. The molecule has 1 aromatic carbocycles. The van der Waals surface area contributed by atoms with Crippen LogP contribution in [-0.4, -0.2) is 5.78 Å². The highest BCUT2D eigenvalue weighted by Crippen LogP contribution is 2.33. The van der Waals surface area contributed by atoms with Crippen LogP contribution in [0.15, 0.2) is 35.9 Å². The molecule has 1 aromatic rings. The van der Waals surface area contributed by atoms with Crippen LogP contribution in [0.25, 0.3) is 5.57 Å². The Bertz CT molecular complexity index is 367. The second kappa shape index (κ2) is 3.79. The van der Waals surface area contributed by atoms with Gasteiger partial charge in [0.1, 0.15) is 0 Å². The van der Waals surface area contributed by atoms with Crippen molar-refractivity contribution in [2.45, 2.75) is 26.2 Å². The van der Waals surface area contributed by atoms with E-state index in [-0.39, 0.29) is 5.78 Å². The number of carbonyl (C=O) groups excluding carboxylic acids is 1. The maximum absolute atomic E-state index is 11.5. The van der Waals surface area contributed by atoms with Gasteiger partial charge in [-0.3, -0.25) is 4.79 Å². The lowest BCUT2D eigenvalue weighted by Crippen LogP contribution is -2.07. The molecule has 0 bridgehead atoms. The highest BCUT2D eigenvalue weighted by molar-refractivity contribution is 6.20. The summed E-state index contributed by atoms with van der Waals surface area (Å²) in [5.41, 5.74) is 3.37. The van der Waals surface area contributed by atoms with Crippen LogP contribution >= 0.6 is 0 Å². The van der Waals surface area contributed by atoms with Gasteiger partial charge in [0, 0.05) is 5.57 Å². The Morgan fingerprint density at radius 3 is 2.21 bits per heavy atom. The monoisotopic (exact) mass is 186 g/mol. The van der Waals surface area contributed by atoms with Gasteiger partial charge >= 0.3 is 0 Å². The van der Waals surface area contributed by atoms with E-state index in [4.69, 9.17) is 0 Å². The lowest BCUT2D eigenvalue weighted by atomic mass is 9.84. The van der Waals surface area contributed by atoms with Crippen LogP contribution < -0.4 is 0 Å². The summed E-state index contributed by atoms with van der Waals surface area (Å²) < 4.78 is 0. The van der Waals surface area contributed by atoms with Crippen molar-refractivity contribution >= 4 is 11.4 Å². The van der Waals surface area contributed by atoms with E-state index in [9.17, 15) is 4.79 Å². The molecule has 1 heteroatoms. The van der Waals surface area contributed by atoms with Crippen molar-refractivity contribution in [2.75, 3.05) is 0 Å². The Morgan fingerprint density at radius 1 is 1.14 bits per heavy atom. The standard InChI is InChI=1S/C13H14O/c1-10(14)13(12-8-5-9-12)11-6-3-2-4-7-11/h2-4,6-7H,5,8-9H2,1H3. The largest absolute Gasteiger partial charge is 0.294 e. The molecule has 0 aliphatic heterocycles. The van der Waals surface area contributed by atoms with Gasteiger partial charge in [0.15, 0.2) is 5.78 Å². The summed E-state index contributed by atoms with van der Waals surface area (Å²) in [4.78, 5) is 11.5. The number of rotatable bonds is 2. The van der Waals surface area contributed by atoms with E-state index in [1.165, 1.54) is 12.0 Å². The number of hydrogen-bond acceptors (Lipinski definition) is 1. The third-order valence-electron chi connectivity index (χ3n) is 2.73. The van der Waals surface area contributed by atoms with E-state index >= 15 is 0 Å². The average molecular weight is 186 g/mol. The maximum Gasteiger partial charge on any atom is 0.160 e. The molecule has 2 rings (SSSR count). The molecule has 0 amide bonds. The minimum Gasteiger partial charge on any atom is -0.294 e. The summed E-state index contributed by atoms with van der Waals surface area (Å²) in [6, 6.07) is 9.98. The first-order chi connectivity index (χ1) is 6.79. The van der Waals surface area contributed by atoms with Gasteiger partial charge in [0.05, 0.1) is 0 Å². The number of ketones is 1. The van der Waals surface area contributed by atoms with Crippen LogP contribution in [0.3, 0.4) is 0 Å². The van der Waals surface area contributed by atoms with Crippen molar-refractivity contribution in [1.29, 1.82) is 0 Å². The van der Waals surface area contributed by atoms with Gasteiger partial charge in [0.2, 0.25) is 0 Å². The molecule has 1 nitrogen and oxygen atoms in total. The molecule has 72 valence electrons. The first-order valence-corrected chi connectivity index (χ1v) is 5.07. The normalized spacial score (nSPS) is 14.8.